The zero-order valence-corrected chi connectivity index (χ0v) is 12.3. The zero-order chi connectivity index (χ0) is 14.4. The van der Waals surface area contributed by atoms with E-state index in [9.17, 15) is 4.79 Å². The van der Waals surface area contributed by atoms with Crippen LogP contribution in [0.1, 0.15) is 5.56 Å². The summed E-state index contributed by atoms with van der Waals surface area (Å²) in [6.07, 6.45) is 0. The molecule has 0 heterocycles. The van der Waals surface area contributed by atoms with Crippen molar-refractivity contribution in [3.8, 4) is 0 Å². The van der Waals surface area contributed by atoms with Gasteiger partial charge in [-0.3, -0.25) is 4.79 Å². The molecule has 0 saturated heterocycles. The van der Waals surface area contributed by atoms with Gasteiger partial charge in [0.15, 0.2) is 0 Å². The van der Waals surface area contributed by atoms with Gasteiger partial charge < -0.3 is 20.7 Å². The first-order valence-corrected chi connectivity index (χ1v) is 6.36. The predicted molar refractivity (Wildman–Crippen MR) is 78.8 cm³/mol. The number of ether oxygens (including phenoxy) is 1. The number of nitrogen functional groups attached to an aromatic ring is 1. The average molecular weight is 286 g/mol. The van der Waals surface area contributed by atoms with E-state index in [4.69, 9.17) is 22.1 Å². The Labute approximate surface area is 118 Å². The lowest BCUT2D eigenvalue weighted by Gasteiger charge is -2.21. The van der Waals surface area contributed by atoms with Crippen LogP contribution in [0.2, 0.25) is 5.02 Å². The first-order valence-electron chi connectivity index (χ1n) is 5.98. The topological polar surface area (TPSA) is 67.6 Å². The summed E-state index contributed by atoms with van der Waals surface area (Å²) < 4.78 is 4.87. The van der Waals surface area contributed by atoms with Crippen LogP contribution in [0.5, 0.6) is 0 Å². The van der Waals surface area contributed by atoms with Gasteiger partial charge in [0, 0.05) is 26.4 Å². The van der Waals surface area contributed by atoms with Crippen molar-refractivity contribution in [2.45, 2.75) is 6.92 Å². The number of nitrogens with two attached hydrogens (primary N) is 1. The molecule has 1 amide bonds. The summed E-state index contributed by atoms with van der Waals surface area (Å²) >= 11 is 6.00. The van der Waals surface area contributed by atoms with E-state index >= 15 is 0 Å². The van der Waals surface area contributed by atoms with Crippen LogP contribution in [0.25, 0.3) is 0 Å². The van der Waals surface area contributed by atoms with Crippen molar-refractivity contribution >= 4 is 28.9 Å². The molecule has 0 atom stereocenters. The lowest BCUT2D eigenvalue weighted by molar-refractivity contribution is -0.119. The third-order valence-electron chi connectivity index (χ3n) is 2.74. The number of halogens is 1. The molecule has 6 heteroatoms. The first-order chi connectivity index (χ1) is 8.95. The average Bonchev–Trinajstić information content (AvgIpc) is 2.34. The van der Waals surface area contributed by atoms with Crippen molar-refractivity contribution in [3.63, 3.8) is 0 Å². The highest BCUT2D eigenvalue weighted by atomic mass is 35.5. The third kappa shape index (κ3) is 4.61. The molecule has 106 valence electrons. The normalized spacial score (nSPS) is 10.3. The highest BCUT2D eigenvalue weighted by molar-refractivity contribution is 6.33. The molecule has 0 fully saturated rings. The number of carbonyl (C=O) groups excluding carboxylic acids is 1. The molecule has 0 radical (unpaired) electrons. The smallest absolute Gasteiger partial charge is 0.239 e. The van der Waals surface area contributed by atoms with Gasteiger partial charge in [0.2, 0.25) is 5.91 Å². The minimum atomic E-state index is -0.0631. The van der Waals surface area contributed by atoms with E-state index in [1.165, 1.54) is 0 Å². The molecule has 3 N–H and O–H groups in total. The lowest BCUT2D eigenvalue weighted by atomic mass is 10.1. The molecular formula is C13H20ClN3O2. The second-order valence-corrected chi connectivity index (χ2v) is 4.77. The molecule has 0 aromatic heterocycles. The Balaban J connectivity index is 2.65. The van der Waals surface area contributed by atoms with Crippen LogP contribution in [0, 0.1) is 6.92 Å². The van der Waals surface area contributed by atoms with Crippen LogP contribution >= 0.6 is 11.6 Å². The highest BCUT2D eigenvalue weighted by Crippen LogP contribution is 2.28. The van der Waals surface area contributed by atoms with Crippen molar-refractivity contribution in [1.29, 1.82) is 0 Å². The minimum absolute atomic E-state index is 0.0631. The maximum Gasteiger partial charge on any atom is 0.239 e. The lowest BCUT2D eigenvalue weighted by Crippen LogP contribution is -2.36. The van der Waals surface area contributed by atoms with E-state index in [2.05, 4.69) is 5.32 Å². The van der Waals surface area contributed by atoms with Crippen LogP contribution in [0.3, 0.4) is 0 Å². The van der Waals surface area contributed by atoms with Crippen molar-refractivity contribution < 1.29 is 9.53 Å². The monoisotopic (exact) mass is 285 g/mol. The fourth-order valence-corrected chi connectivity index (χ4v) is 1.91. The maximum atomic E-state index is 11.7. The van der Waals surface area contributed by atoms with Crippen molar-refractivity contribution in [1.82, 2.24) is 5.32 Å². The number of benzene rings is 1. The second-order valence-electron chi connectivity index (χ2n) is 4.36. The van der Waals surface area contributed by atoms with Crippen LogP contribution in [0.4, 0.5) is 11.4 Å². The summed E-state index contributed by atoms with van der Waals surface area (Å²) in [6.45, 7) is 3.19. The Morgan fingerprint density at radius 3 is 2.84 bits per heavy atom. The van der Waals surface area contributed by atoms with E-state index in [1.807, 2.05) is 18.9 Å². The molecule has 0 bridgehead atoms. The number of hydrogen-bond acceptors (Lipinski definition) is 4. The fourth-order valence-electron chi connectivity index (χ4n) is 1.75. The molecular weight excluding hydrogens is 266 g/mol. The Morgan fingerprint density at radius 1 is 1.53 bits per heavy atom. The largest absolute Gasteiger partial charge is 0.398 e. The number of hydrogen-bond donors (Lipinski definition) is 2. The van der Waals surface area contributed by atoms with E-state index in [1.54, 1.807) is 19.2 Å². The predicted octanol–water partition coefficient (Wildman–Crippen LogP) is 1.43. The maximum absolute atomic E-state index is 11.7. The second kappa shape index (κ2) is 7.21. The van der Waals surface area contributed by atoms with Gasteiger partial charge in [-0.15, -0.1) is 0 Å². The van der Waals surface area contributed by atoms with Crippen molar-refractivity contribution in [3.05, 3.63) is 22.7 Å². The number of methoxy groups -OCH3 is 1. The van der Waals surface area contributed by atoms with E-state index in [0.717, 1.165) is 11.3 Å². The summed E-state index contributed by atoms with van der Waals surface area (Å²) in [5.41, 5.74) is 8.14. The quantitative estimate of drug-likeness (QED) is 0.613. The van der Waals surface area contributed by atoms with Crippen molar-refractivity contribution in [2.75, 3.05) is 44.5 Å². The van der Waals surface area contributed by atoms with Gasteiger partial charge in [0.05, 0.1) is 23.9 Å². The van der Waals surface area contributed by atoms with E-state index in [0.29, 0.717) is 23.9 Å². The Morgan fingerprint density at radius 2 is 2.21 bits per heavy atom. The number of anilines is 2. The highest BCUT2D eigenvalue weighted by Gasteiger charge is 2.11. The molecule has 0 unspecified atom stereocenters. The first kappa shape index (κ1) is 15.6. The molecule has 5 nitrogen and oxygen atoms in total. The molecule has 0 aliphatic rings. The Bertz CT molecular complexity index is 452. The van der Waals surface area contributed by atoms with E-state index < -0.39 is 0 Å². The molecule has 0 aliphatic carbocycles. The number of rotatable bonds is 6. The Hall–Kier alpha value is -1.46. The number of likely N-dealkylation sites (N-methyl/N-ethyl adjacent to an activating group) is 1. The standard InChI is InChI=1S/C13H20ClN3O2/c1-9-6-11(15)10(14)7-12(9)17(2)8-13(18)16-4-5-19-3/h6-7H,4-5,8,15H2,1-3H3,(H,16,18). The molecule has 19 heavy (non-hydrogen) atoms. The van der Waals surface area contributed by atoms with Gasteiger partial charge in [-0.1, -0.05) is 11.6 Å². The van der Waals surface area contributed by atoms with Crippen LogP contribution in [0.15, 0.2) is 12.1 Å². The molecule has 1 aromatic carbocycles. The number of nitrogens with zero attached hydrogens (tertiary/aromatic N) is 1. The molecule has 1 rings (SSSR count). The molecule has 0 saturated carbocycles. The van der Waals surface area contributed by atoms with Gasteiger partial charge in [0.25, 0.3) is 0 Å². The summed E-state index contributed by atoms with van der Waals surface area (Å²) in [6, 6.07) is 3.58. The number of amides is 1. The molecule has 0 spiro atoms. The third-order valence-corrected chi connectivity index (χ3v) is 3.06. The van der Waals surface area contributed by atoms with Gasteiger partial charge in [-0.05, 0) is 24.6 Å². The van der Waals surface area contributed by atoms with Crippen LogP contribution in [-0.2, 0) is 9.53 Å². The SMILES string of the molecule is COCCNC(=O)CN(C)c1cc(Cl)c(N)cc1C. The van der Waals surface area contributed by atoms with Gasteiger partial charge in [-0.2, -0.15) is 0 Å². The minimum Gasteiger partial charge on any atom is -0.398 e. The van der Waals surface area contributed by atoms with E-state index in [-0.39, 0.29) is 12.5 Å². The van der Waals surface area contributed by atoms with Gasteiger partial charge >= 0.3 is 0 Å². The Kier molecular flexibility index (Phi) is 5.92. The molecule has 0 aliphatic heterocycles. The van der Waals surface area contributed by atoms with Crippen LogP contribution in [-0.4, -0.2) is 39.8 Å². The number of nitrogens with one attached hydrogen (secondary N) is 1. The molecule has 1 aromatic rings. The summed E-state index contributed by atoms with van der Waals surface area (Å²) in [4.78, 5) is 13.5. The van der Waals surface area contributed by atoms with Crippen molar-refractivity contribution in [2.24, 2.45) is 0 Å². The van der Waals surface area contributed by atoms with Gasteiger partial charge in [0.1, 0.15) is 0 Å². The fraction of sp³-hybridized carbons (Fsp3) is 0.462. The zero-order valence-electron chi connectivity index (χ0n) is 11.5. The number of carbonyl (C=O) groups is 1. The summed E-state index contributed by atoms with van der Waals surface area (Å²) in [5, 5.41) is 3.26. The van der Waals surface area contributed by atoms with Gasteiger partial charge in [-0.25, -0.2) is 0 Å². The summed E-state index contributed by atoms with van der Waals surface area (Å²) in [5.74, 6) is -0.0631. The van der Waals surface area contributed by atoms with Crippen LogP contribution < -0.4 is 16.0 Å². The summed E-state index contributed by atoms with van der Waals surface area (Å²) in [7, 11) is 3.43. The number of aryl methyl sites for hydroxylation is 1.